The van der Waals surface area contributed by atoms with E-state index in [9.17, 15) is 33.9 Å². The van der Waals surface area contributed by atoms with Gasteiger partial charge in [0.1, 0.15) is 18.1 Å². The Hall–Kier alpha value is -3.76. The summed E-state index contributed by atoms with van der Waals surface area (Å²) in [4.78, 5) is 77.7. The van der Waals surface area contributed by atoms with Crippen LogP contribution in [0.3, 0.4) is 0 Å². The molecule has 1 saturated carbocycles. The predicted octanol–water partition coefficient (Wildman–Crippen LogP) is 0.345. The monoisotopic (exact) mass is 527 g/mol. The molecule has 1 saturated heterocycles. The average molecular weight is 528 g/mol. The first kappa shape index (κ1) is 28.8. The van der Waals surface area contributed by atoms with Crippen LogP contribution < -0.4 is 21.1 Å². The lowest BCUT2D eigenvalue weighted by Gasteiger charge is -2.57. The Bertz CT molecular complexity index is 1140. The van der Waals surface area contributed by atoms with E-state index in [1.807, 2.05) is 0 Å². The number of anilines is 1. The number of nitrogens with one attached hydrogen (secondary N) is 3. The summed E-state index contributed by atoms with van der Waals surface area (Å²) >= 11 is 0. The number of imide groups is 1. The van der Waals surface area contributed by atoms with Gasteiger partial charge in [0.25, 0.3) is 0 Å². The van der Waals surface area contributed by atoms with Gasteiger partial charge in [0.15, 0.2) is 0 Å². The molecule has 5 atom stereocenters. The van der Waals surface area contributed by atoms with E-state index in [-0.39, 0.29) is 19.3 Å². The molecule has 1 heterocycles. The second kappa shape index (κ2) is 10.2. The Morgan fingerprint density at radius 3 is 1.76 bits per heavy atom. The number of nitrogens with zero attached hydrogens (tertiary/aromatic N) is 1. The maximum absolute atomic E-state index is 13.4. The molecule has 38 heavy (non-hydrogen) atoms. The van der Waals surface area contributed by atoms with Crippen molar-refractivity contribution in [3.05, 3.63) is 30.3 Å². The summed E-state index contributed by atoms with van der Waals surface area (Å²) in [6, 6.07) is 5.50. The highest BCUT2D eigenvalue weighted by atomic mass is 16.4. The van der Waals surface area contributed by atoms with Crippen LogP contribution in [0, 0.1) is 16.2 Å². The Labute approximate surface area is 221 Å². The van der Waals surface area contributed by atoms with Gasteiger partial charge in [0.05, 0.1) is 0 Å². The number of benzene rings is 1. The number of para-hydroxylation sites is 1. The van der Waals surface area contributed by atoms with E-state index in [0.717, 1.165) is 4.90 Å². The van der Waals surface area contributed by atoms with Gasteiger partial charge in [-0.25, -0.2) is 0 Å². The molecule has 0 spiro atoms. The number of fused-ring (bicyclic) bond motifs is 2. The van der Waals surface area contributed by atoms with E-state index in [1.54, 1.807) is 44.2 Å². The third kappa shape index (κ3) is 5.41. The van der Waals surface area contributed by atoms with Gasteiger partial charge in [-0.3, -0.25) is 28.9 Å². The Balaban J connectivity index is 1.66. The average Bonchev–Trinajstić information content (AvgIpc) is 2.82. The Kier molecular flexibility index (Phi) is 7.72. The number of carboxylic acid groups (broad SMARTS) is 1. The van der Waals surface area contributed by atoms with E-state index in [0.29, 0.717) is 5.69 Å². The number of carbonyl (C=O) groups is 6. The molecule has 1 aliphatic carbocycles. The summed E-state index contributed by atoms with van der Waals surface area (Å²) < 4.78 is 0. The quantitative estimate of drug-likeness (QED) is 0.410. The highest BCUT2D eigenvalue weighted by Gasteiger charge is 2.63. The zero-order valence-corrected chi connectivity index (χ0v) is 22.5. The highest BCUT2D eigenvalue weighted by molar-refractivity contribution is 6.08. The molecule has 11 heteroatoms. The molecule has 5 unspecified atom stereocenters. The van der Waals surface area contributed by atoms with Crippen molar-refractivity contribution in [3.63, 3.8) is 0 Å². The standard InChI is InChI=1S/C27H36N4O7/c1-15(19(32)28-16(2)20(33)30-18-10-8-7-9-11-18)29-21(34)17(3)31-22(35)25(4)12-26(5,23(31)36)14-27(6,13-25)24(37)38/h7-11,15-17H,12-14H2,1-6H3,(H,28,32)(H,29,34)(H,30,33)(H,37,38)/p-1. The van der Waals surface area contributed by atoms with E-state index in [2.05, 4.69) is 16.0 Å². The van der Waals surface area contributed by atoms with Crippen molar-refractivity contribution in [3.8, 4) is 0 Å². The summed E-state index contributed by atoms with van der Waals surface area (Å²) in [7, 11) is 0. The predicted molar refractivity (Wildman–Crippen MR) is 135 cm³/mol. The van der Waals surface area contributed by atoms with Gasteiger partial charge >= 0.3 is 0 Å². The second-order valence-electron chi connectivity index (χ2n) is 11.5. The van der Waals surface area contributed by atoms with Gasteiger partial charge in [-0.15, -0.1) is 0 Å². The van der Waals surface area contributed by atoms with Crippen molar-refractivity contribution in [2.24, 2.45) is 16.2 Å². The van der Waals surface area contributed by atoms with Gasteiger partial charge in [0.2, 0.25) is 29.5 Å². The number of carboxylic acids is 1. The minimum atomic E-state index is -1.36. The summed E-state index contributed by atoms with van der Waals surface area (Å²) in [6.45, 7) is 9.00. The molecule has 11 nitrogen and oxygen atoms in total. The van der Waals surface area contributed by atoms with Crippen LogP contribution in [0.2, 0.25) is 0 Å². The zero-order valence-electron chi connectivity index (χ0n) is 22.5. The molecule has 2 fully saturated rings. The lowest BCUT2D eigenvalue weighted by Crippen LogP contribution is -2.68. The Morgan fingerprint density at radius 2 is 1.26 bits per heavy atom. The van der Waals surface area contributed by atoms with Gasteiger partial charge in [-0.05, 0) is 52.2 Å². The van der Waals surface area contributed by atoms with Crippen LogP contribution in [0.5, 0.6) is 0 Å². The number of carbonyl (C=O) groups excluding carboxylic acids is 6. The third-order valence-electron chi connectivity index (χ3n) is 7.62. The first-order chi connectivity index (χ1) is 17.5. The first-order valence-corrected chi connectivity index (χ1v) is 12.6. The number of aliphatic carboxylic acids is 1. The molecule has 206 valence electrons. The number of hydrogen-bond acceptors (Lipinski definition) is 7. The molecule has 3 N–H and O–H groups in total. The maximum Gasteiger partial charge on any atom is 0.246 e. The third-order valence-corrected chi connectivity index (χ3v) is 7.62. The molecular formula is C27H35N4O7-. The molecule has 3 rings (SSSR count). The fraction of sp³-hybridized carbons (Fsp3) is 0.556. The molecule has 5 amide bonds. The van der Waals surface area contributed by atoms with E-state index < -0.39 is 69.9 Å². The molecule has 2 bridgehead atoms. The van der Waals surface area contributed by atoms with Crippen molar-refractivity contribution in [2.75, 3.05) is 5.32 Å². The lowest BCUT2D eigenvalue weighted by atomic mass is 9.51. The van der Waals surface area contributed by atoms with Crippen molar-refractivity contribution in [2.45, 2.75) is 78.9 Å². The fourth-order valence-electron chi connectivity index (χ4n) is 5.94. The SMILES string of the molecule is CC(NC(=O)C(C)NC(=O)C(C)N1C(=O)C2(C)CC(C)(C(=O)[O-])CC(C)(C2)C1=O)C(=O)Nc1ccccc1. The van der Waals surface area contributed by atoms with Gasteiger partial charge in [-0.2, -0.15) is 0 Å². The summed E-state index contributed by atoms with van der Waals surface area (Å²) in [6.07, 6.45) is 0.139. The lowest BCUT2D eigenvalue weighted by molar-refractivity contribution is -0.323. The second-order valence-corrected chi connectivity index (χ2v) is 11.5. The van der Waals surface area contributed by atoms with E-state index in [4.69, 9.17) is 0 Å². The van der Waals surface area contributed by atoms with Crippen LogP contribution in [0.15, 0.2) is 30.3 Å². The number of rotatable bonds is 8. The molecule has 2 aliphatic rings. The van der Waals surface area contributed by atoms with Crippen LogP contribution in [0.1, 0.15) is 60.8 Å². The molecule has 1 aliphatic heterocycles. The summed E-state index contributed by atoms with van der Waals surface area (Å²) in [5, 5.41) is 19.6. The minimum Gasteiger partial charge on any atom is -0.550 e. The molecule has 1 aromatic carbocycles. The first-order valence-electron chi connectivity index (χ1n) is 12.6. The van der Waals surface area contributed by atoms with Crippen LogP contribution in [0.4, 0.5) is 5.69 Å². The summed E-state index contributed by atoms with van der Waals surface area (Å²) in [5.41, 5.74) is -3.14. The van der Waals surface area contributed by atoms with Gasteiger partial charge in [0, 0.05) is 27.9 Å². The Morgan fingerprint density at radius 1 is 0.789 bits per heavy atom. The zero-order chi connectivity index (χ0) is 28.6. The normalized spacial score (nSPS) is 29.1. The smallest absolute Gasteiger partial charge is 0.246 e. The van der Waals surface area contributed by atoms with E-state index in [1.165, 1.54) is 27.7 Å². The number of amides is 5. The number of hydrogen-bond donors (Lipinski definition) is 3. The maximum atomic E-state index is 13.4. The van der Waals surface area contributed by atoms with Crippen LogP contribution in [-0.2, 0) is 28.8 Å². The van der Waals surface area contributed by atoms with Crippen molar-refractivity contribution >= 4 is 41.2 Å². The van der Waals surface area contributed by atoms with Crippen LogP contribution in [-0.4, -0.2) is 58.5 Å². The summed E-state index contributed by atoms with van der Waals surface area (Å²) in [5.74, 6) is -4.38. The van der Waals surface area contributed by atoms with Crippen LogP contribution >= 0.6 is 0 Å². The fourth-order valence-corrected chi connectivity index (χ4v) is 5.94. The molecule has 1 aromatic rings. The molecular weight excluding hydrogens is 492 g/mol. The molecule has 0 aromatic heterocycles. The van der Waals surface area contributed by atoms with Crippen molar-refractivity contribution in [1.29, 1.82) is 0 Å². The largest absolute Gasteiger partial charge is 0.550 e. The minimum absolute atomic E-state index is 0.0172. The van der Waals surface area contributed by atoms with Crippen LogP contribution in [0.25, 0.3) is 0 Å². The van der Waals surface area contributed by atoms with Gasteiger partial charge in [-0.1, -0.05) is 39.0 Å². The number of piperidine rings is 1. The van der Waals surface area contributed by atoms with E-state index >= 15 is 0 Å². The van der Waals surface area contributed by atoms with Gasteiger partial charge < -0.3 is 25.9 Å². The highest BCUT2D eigenvalue weighted by Crippen LogP contribution is 2.58. The van der Waals surface area contributed by atoms with Crippen molar-refractivity contribution in [1.82, 2.24) is 15.5 Å². The molecule has 0 radical (unpaired) electrons. The number of likely N-dealkylation sites (tertiary alicyclic amines) is 1. The topological polar surface area (TPSA) is 165 Å². The van der Waals surface area contributed by atoms with Crippen molar-refractivity contribution < 1.29 is 33.9 Å².